The van der Waals surface area contributed by atoms with Gasteiger partial charge >= 0.3 is 0 Å². The Hall–Kier alpha value is -3.62. The monoisotopic (exact) mass is 436 g/mol. The molecule has 0 bridgehead atoms. The number of rotatable bonds is 6. The molecular weight excluding hydrogens is 411 g/mol. The maximum absolute atomic E-state index is 13.7. The van der Waals surface area contributed by atoms with E-state index in [9.17, 15) is 14.0 Å². The van der Waals surface area contributed by atoms with E-state index in [1.807, 2.05) is 35.2 Å². The number of amides is 2. The highest BCUT2D eigenvalue weighted by Crippen LogP contribution is 2.19. The van der Waals surface area contributed by atoms with Crippen LogP contribution in [-0.4, -0.2) is 56.1 Å². The molecule has 2 heterocycles. The predicted molar refractivity (Wildman–Crippen MR) is 115 cm³/mol. The van der Waals surface area contributed by atoms with Crippen LogP contribution in [0.2, 0.25) is 0 Å². The maximum atomic E-state index is 13.7. The number of piperidine rings is 1. The normalized spacial score (nSPS) is 15.4. The van der Waals surface area contributed by atoms with Crippen molar-refractivity contribution in [3.05, 3.63) is 77.4 Å². The summed E-state index contributed by atoms with van der Waals surface area (Å²) in [5, 5.41) is 14.6. The van der Waals surface area contributed by atoms with Gasteiger partial charge < -0.3 is 10.2 Å². The number of nitrogens with zero attached hydrogens (tertiary/aromatic N) is 5. The largest absolute Gasteiger partial charge is 0.351 e. The first-order chi connectivity index (χ1) is 15.5. The second kappa shape index (κ2) is 9.67. The molecule has 32 heavy (non-hydrogen) atoms. The summed E-state index contributed by atoms with van der Waals surface area (Å²) in [4.78, 5) is 27.6. The molecule has 1 atom stereocenters. The summed E-state index contributed by atoms with van der Waals surface area (Å²) in [6.07, 6.45) is 1.58. The van der Waals surface area contributed by atoms with Crippen molar-refractivity contribution >= 4 is 11.8 Å². The average molecular weight is 436 g/mol. The van der Waals surface area contributed by atoms with E-state index in [2.05, 4.69) is 20.8 Å². The minimum Gasteiger partial charge on any atom is -0.351 e. The lowest BCUT2D eigenvalue weighted by atomic mass is 10.0. The number of aryl methyl sites for hydroxylation is 1. The number of aromatic nitrogens is 4. The summed E-state index contributed by atoms with van der Waals surface area (Å²) in [5.74, 6) is -0.0726. The zero-order chi connectivity index (χ0) is 22.5. The lowest BCUT2D eigenvalue weighted by Crippen LogP contribution is -2.48. The van der Waals surface area contributed by atoms with Crippen molar-refractivity contribution in [1.29, 1.82) is 0 Å². The Balaban J connectivity index is 1.40. The van der Waals surface area contributed by atoms with Gasteiger partial charge in [-0.05, 0) is 60.0 Å². The van der Waals surface area contributed by atoms with E-state index in [0.717, 1.165) is 0 Å². The van der Waals surface area contributed by atoms with Gasteiger partial charge in [0.05, 0.1) is 0 Å². The third-order valence-electron chi connectivity index (χ3n) is 5.72. The summed E-state index contributed by atoms with van der Waals surface area (Å²) >= 11 is 0. The topological polar surface area (TPSA) is 93.0 Å². The minimum absolute atomic E-state index is 0.00340. The van der Waals surface area contributed by atoms with Crippen LogP contribution in [0.4, 0.5) is 4.39 Å². The lowest BCUT2D eigenvalue weighted by Gasteiger charge is -2.33. The van der Waals surface area contributed by atoms with Gasteiger partial charge in [-0.2, -0.15) is 0 Å². The number of benzene rings is 2. The minimum atomic E-state index is -0.698. The number of halogens is 1. The quantitative estimate of drug-likeness (QED) is 0.640. The highest BCUT2D eigenvalue weighted by atomic mass is 19.1. The summed E-state index contributed by atoms with van der Waals surface area (Å²) < 4.78 is 15.1. The molecule has 9 heteroatoms. The van der Waals surface area contributed by atoms with Crippen LogP contribution in [0.25, 0.3) is 0 Å². The third-order valence-corrected chi connectivity index (χ3v) is 5.72. The molecule has 0 aliphatic carbocycles. The molecule has 4 rings (SSSR count). The first-order valence-corrected chi connectivity index (χ1v) is 10.6. The Labute approximate surface area is 185 Å². The van der Waals surface area contributed by atoms with Crippen LogP contribution in [-0.2, 0) is 11.2 Å². The first kappa shape index (κ1) is 21.6. The van der Waals surface area contributed by atoms with Gasteiger partial charge in [-0.25, -0.2) is 9.07 Å². The molecule has 1 aliphatic heterocycles. The Morgan fingerprint density at radius 3 is 2.53 bits per heavy atom. The summed E-state index contributed by atoms with van der Waals surface area (Å²) in [7, 11) is 0. The standard InChI is InChI=1S/C23H25FN6O2/c1-16-26-27-28-30(16)21(15-17-6-5-9-19(24)14-17)22(31)25-20-10-12-29(13-11-20)23(32)18-7-3-2-4-8-18/h2-9,14,20-21H,10-13,15H2,1H3,(H,25,31). The molecule has 0 radical (unpaired) electrons. The van der Waals surface area contributed by atoms with E-state index in [0.29, 0.717) is 42.9 Å². The van der Waals surface area contributed by atoms with Gasteiger partial charge in [0, 0.05) is 31.1 Å². The van der Waals surface area contributed by atoms with Gasteiger partial charge in [0.25, 0.3) is 5.91 Å². The van der Waals surface area contributed by atoms with E-state index in [4.69, 9.17) is 0 Å². The van der Waals surface area contributed by atoms with E-state index < -0.39 is 6.04 Å². The van der Waals surface area contributed by atoms with E-state index in [1.165, 1.54) is 16.8 Å². The molecule has 8 nitrogen and oxygen atoms in total. The van der Waals surface area contributed by atoms with Gasteiger partial charge in [0.15, 0.2) is 0 Å². The van der Waals surface area contributed by atoms with Crippen molar-refractivity contribution < 1.29 is 14.0 Å². The summed E-state index contributed by atoms with van der Waals surface area (Å²) in [6, 6.07) is 14.6. The molecule has 1 unspecified atom stereocenters. The van der Waals surface area contributed by atoms with Gasteiger partial charge in [-0.15, -0.1) is 5.10 Å². The maximum Gasteiger partial charge on any atom is 0.253 e. The molecule has 1 N–H and O–H groups in total. The molecule has 1 aromatic heterocycles. The van der Waals surface area contributed by atoms with Crippen LogP contribution < -0.4 is 5.32 Å². The first-order valence-electron chi connectivity index (χ1n) is 10.6. The molecular formula is C23H25FN6O2. The molecule has 0 saturated carbocycles. The predicted octanol–water partition coefficient (Wildman–Crippen LogP) is 2.33. The van der Waals surface area contributed by atoms with Crippen molar-refractivity contribution in [3.8, 4) is 0 Å². The number of carbonyl (C=O) groups excluding carboxylic acids is 2. The highest BCUT2D eigenvalue weighted by Gasteiger charge is 2.29. The Morgan fingerprint density at radius 1 is 1.12 bits per heavy atom. The lowest BCUT2D eigenvalue weighted by molar-refractivity contribution is -0.125. The molecule has 1 fully saturated rings. The second-order valence-electron chi connectivity index (χ2n) is 7.96. The van der Waals surface area contributed by atoms with Crippen molar-refractivity contribution in [3.63, 3.8) is 0 Å². The van der Waals surface area contributed by atoms with Gasteiger partial charge in [-0.1, -0.05) is 30.3 Å². The van der Waals surface area contributed by atoms with Gasteiger partial charge in [0.1, 0.15) is 17.7 Å². The molecule has 2 aromatic carbocycles. The average Bonchev–Trinajstić information content (AvgIpc) is 3.23. The molecule has 1 saturated heterocycles. The van der Waals surface area contributed by atoms with Crippen molar-refractivity contribution in [1.82, 2.24) is 30.4 Å². The summed E-state index contributed by atoms with van der Waals surface area (Å²) in [5.41, 5.74) is 1.35. The molecule has 1 aliphatic rings. The van der Waals surface area contributed by atoms with Gasteiger partial charge in [0.2, 0.25) is 5.91 Å². The summed E-state index contributed by atoms with van der Waals surface area (Å²) in [6.45, 7) is 2.85. The fourth-order valence-corrected chi connectivity index (χ4v) is 3.99. The van der Waals surface area contributed by atoms with Crippen LogP contribution in [0.15, 0.2) is 54.6 Å². The third kappa shape index (κ3) is 4.99. The fourth-order valence-electron chi connectivity index (χ4n) is 3.99. The van der Waals surface area contributed by atoms with Crippen LogP contribution in [0.1, 0.15) is 40.6 Å². The molecule has 3 aromatic rings. The van der Waals surface area contributed by atoms with Crippen LogP contribution >= 0.6 is 0 Å². The fraction of sp³-hybridized carbons (Fsp3) is 0.348. The zero-order valence-electron chi connectivity index (χ0n) is 17.8. The van der Waals surface area contributed by atoms with Gasteiger partial charge in [-0.3, -0.25) is 9.59 Å². The van der Waals surface area contributed by atoms with E-state index >= 15 is 0 Å². The SMILES string of the molecule is Cc1nnnn1C(Cc1cccc(F)c1)C(=O)NC1CCN(C(=O)c2ccccc2)CC1. The smallest absolute Gasteiger partial charge is 0.253 e. The second-order valence-corrected chi connectivity index (χ2v) is 7.96. The van der Waals surface area contributed by atoms with Crippen molar-refractivity contribution in [2.75, 3.05) is 13.1 Å². The van der Waals surface area contributed by atoms with Crippen LogP contribution in [0.5, 0.6) is 0 Å². The number of tetrazole rings is 1. The van der Waals surface area contributed by atoms with E-state index in [1.54, 1.807) is 19.1 Å². The Kier molecular flexibility index (Phi) is 6.53. The zero-order valence-corrected chi connectivity index (χ0v) is 17.8. The van der Waals surface area contributed by atoms with Crippen LogP contribution in [0.3, 0.4) is 0 Å². The van der Waals surface area contributed by atoms with Crippen LogP contribution in [0, 0.1) is 12.7 Å². The molecule has 2 amide bonds. The number of hydrogen-bond acceptors (Lipinski definition) is 5. The molecule has 0 spiro atoms. The van der Waals surface area contributed by atoms with Crippen molar-refractivity contribution in [2.45, 2.75) is 38.3 Å². The Bertz CT molecular complexity index is 1080. The molecule has 166 valence electrons. The number of nitrogens with one attached hydrogen (secondary N) is 1. The number of likely N-dealkylation sites (tertiary alicyclic amines) is 1. The van der Waals surface area contributed by atoms with Crippen molar-refractivity contribution in [2.24, 2.45) is 0 Å². The highest BCUT2D eigenvalue weighted by molar-refractivity contribution is 5.94. The van der Waals surface area contributed by atoms with E-state index in [-0.39, 0.29) is 30.1 Å². The Morgan fingerprint density at radius 2 is 1.88 bits per heavy atom. The number of carbonyl (C=O) groups is 2. The number of hydrogen-bond donors (Lipinski definition) is 1.